The van der Waals surface area contributed by atoms with E-state index in [1.165, 1.54) is 25.7 Å². The van der Waals surface area contributed by atoms with E-state index in [0.717, 1.165) is 30.6 Å². The third-order valence-electron chi connectivity index (χ3n) is 4.00. The van der Waals surface area contributed by atoms with Crippen LogP contribution in [0.2, 0.25) is 0 Å². The number of hydrogen-bond donors (Lipinski definition) is 1. The molecule has 1 aromatic heterocycles. The number of anilines is 1. The molecular formula is C15H26N4. The Balaban J connectivity index is 1.77. The van der Waals surface area contributed by atoms with Crippen molar-refractivity contribution in [3.05, 3.63) is 18.1 Å². The van der Waals surface area contributed by atoms with Crippen molar-refractivity contribution in [2.24, 2.45) is 0 Å². The lowest BCUT2D eigenvalue weighted by Gasteiger charge is -2.24. The minimum absolute atomic E-state index is 0.449. The summed E-state index contributed by atoms with van der Waals surface area (Å²) in [5.74, 6) is 1.39. The maximum Gasteiger partial charge on any atom is 0.129 e. The van der Waals surface area contributed by atoms with E-state index in [-0.39, 0.29) is 0 Å². The average molecular weight is 262 g/mol. The summed E-state index contributed by atoms with van der Waals surface area (Å²) < 4.78 is 0. The van der Waals surface area contributed by atoms with Crippen molar-refractivity contribution < 1.29 is 0 Å². The molecule has 0 saturated heterocycles. The zero-order valence-corrected chi connectivity index (χ0v) is 12.4. The molecule has 0 radical (unpaired) electrons. The molecule has 1 N–H and O–H groups in total. The second-order valence-corrected chi connectivity index (χ2v) is 5.83. The standard InChI is InChI=1S/C15H26N4/c1-12(2)14-10-15(18-11-17-14)16-8-9-19(3)13-6-4-5-7-13/h10-13H,4-9H2,1-3H3,(H,16,17,18). The quantitative estimate of drug-likeness (QED) is 0.856. The Morgan fingerprint density at radius 3 is 2.74 bits per heavy atom. The van der Waals surface area contributed by atoms with Crippen molar-refractivity contribution >= 4 is 5.82 Å². The van der Waals surface area contributed by atoms with Crippen molar-refractivity contribution in [2.45, 2.75) is 51.5 Å². The van der Waals surface area contributed by atoms with Gasteiger partial charge in [0.25, 0.3) is 0 Å². The largest absolute Gasteiger partial charge is 0.369 e. The number of aromatic nitrogens is 2. The van der Waals surface area contributed by atoms with Crippen LogP contribution in [0.1, 0.15) is 51.1 Å². The van der Waals surface area contributed by atoms with Gasteiger partial charge in [0.2, 0.25) is 0 Å². The summed E-state index contributed by atoms with van der Waals surface area (Å²) in [4.78, 5) is 11.0. The van der Waals surface area contributed by atoms with Crippen LogP contribution in [-0.2, 0) is 0 Å². The van der Waals surface area contributed by atoms with E-state index in [1.54, 1.807) is 6.33 Å². The summed E-state index contributed by atoms with van der Waals surface area (Å²) in [7, 11) is 2.23. The van der Waals surface area contributed by atoms with Gasteiger partial charge in [-0.2, -0.15) is 0 Å². The highest BCUT2D eigenvalue weighted by Crippen LogP contribution is 2.22. The number of rotatable bonds is 6. The third kappa shape index (κ3) is 4.16. The van der Waals surface area contributed by atoms with Crippen molar-refractivity contribution in [1.82, 2.24) is 14.9 Å². The SMILES string of the molecule is CC(C)c1cc(NCCN(C)C2CCCC2)ncn1. The van der Waals surface area contributed by atoms with E-state index >= 15 is 0 Å². The first-order chi connectivity index (χ1) is 9.16. The lowest BCUT2D eigenvalue weighted by Crippen LogP contribution is -2.33. The summed E-state index contributed by atoms with van der Waals surface area (Å²) in [5.41, 5.74) is 1.10. The number of nitrogens with one attached hydrogen (secondary N) is 1. The minimum atomic E-state index is 0.449. The Labute approximate surface area is 116 Å². The van der Waals surface area contributed by atoms with Gasteiger partial charge in [0, 0.05) is 30.9 Å². The highest BCUT2D eigenvalue weighted by molar-refractivity contribution is 5.35. The lowest BCUT2D eigenvalue weighted by molar-refractivity contribution is 0.254. The van der Waals surface area contributed by atoms with Gasteiger partial charge < -0.3 is 10.2 Å². The molecule has 0 bridgehead atoms. The van der Waals surface area contributed by atoms with Crippen LogP contribution < -0.4 is 5.32 Å². The van der Waals surface area contributed by atoms with E-state index in [9.17, 15) is 0 Å². The molecule has 1 aliphatic carbocycles. The molecule has 1 saturated carbocycles. The number of likely N-dealkylation sites (N-methyl/N-ethyl adjacent to an activating group) is 1. The van der Waals surface area contributed by atoms with E-state index in [1.807, 2.05) is 0 Å². The van der Waals surface area contributed by atoms with Gasteiger partial charge in [0.05, 0.1) is 0 Å². The molecule has 1 aromatic rings. The molecule has 0 aromatic carbocycles. The zero-order valence-electron chi connectivity index (χ0n) is 12.4. The fraction of sp³-hybridized carbons (Fsp3) is 0.733. The summed E-state index contributed by atoms with van der Waals surface area (Å²) in [6.07, 6.45) is 7.17. The van der Waals surface area contributed by atoms with Crippen molar-refractivity contribution in [3.8, 4) is 0 Å². The highest BCUT2D eigenvalue weighted by atomic mass is 15.1. The molecule has 1 heterocycles. The molecule has 19 heavy (non-hydrogen) atoms. The van der Waals surface area contributed by atoms with E-state index < -0.39 is 0 Å². The fourth-order valence-corrected chi connectivity index (χ4v) is 2.67. The average Bonchev–Trinajstić information content (AvgIpc) is 2.93. The van der Waals surface area contributed by atoms with Gasteiger partial charge in [-0.1, -0.05) is 26.7 Å². The monoisotopic (exact) mass is 262 g/mol. The second-order valence-electron chi connectivity index (χ2n) is 5.83. The summed E-state index contributed by atoms with van der Waals surface area (Å²) >= 11 is 0. The van der Waals surface area contributed by atoms with Crippen LogP contribution in [0.15, 0.2) is 12.4 Å². The molecule has 2 rings (SSSR count). The van der Waals surface area contributed by atoms with Gasteiger partial charge in [-0.15, -0.1) is 0 Å². The van der Waals surface area contributed by atoms with Crippen LogP contribution in [0.4, 0.5) is 5.82 Å². The highest BCUT2D eigenvalue weighted by Gasteiger charge is 2.18. The molecule has 4 heteroatoms. The fourth-order valence-electron chi connectivity index (χ4n) is 2.67. The maximum absolute atomic E-state index is 4.28. The predicted octanol–water partition coefficient (Wildman–Crippen LogP) is 2.89. The zero-order chi connectivity index (χ0) is 13.7. The molecular weight excluding hydrogens is 236 g/mol. The van der Waals surface area contributed by atoms with Crippen LogP contribution >= 0.6 is 0 Å². The molecule has 1 fully saturated rings. The molecule has 0 unspecified atom stereocenters. The normalized spacial score (nSPS) is 16.5. The van der Waals surface area contributed by atoms with Crippen LogP contribution in [-0.4, -0.2) is 41.0 Å². The first kappa shape index (κ1) is 14.3. The first-order valence-electron chi connectivity index (χ1n) is 7.43. The van der Waals surface area contributed by atoms with Gasteiger partial charge in [0.15, 0.2) is 0 Å². The van der Waals surface area contributed by atoms with E-state index in [0.29, 0.717) is 5.92 Å². The molecule has 0 aliphatic heterocycles. The van der Waals surface area contributed by atoms with E-state index in [4.69, 9.17) is 0 Å². The molecule has 0 atom stereocenters. The predicted molar refractivity (Wildman–Crippen MR) is 79.5 cm³/mol. The summed E-state index contributed by atoms with van der Waals surface area (Å²) in [5, 5.41) is 3.40. The molecule has 1 aliphatic rings. The topological polar surface area (TPSA) is 41.0 Å². The second kappa shape index (κ2) is 6.85. The Morgan fingerprint density at radius 1 is 1.32 bits per heavy atom. The van der Waals surface area contributed by atoms with Crippen molar-refractivity contribution in [1.29, 1.82) is 0 Å². The Hall–Kier alpha value is -1.16. The van der Waals surface area contributed by atoms with Gasteiger partial charge in [-0.05, 0) is 25.8 Å². The van der Waals surface area contributed by atoms with Crippen LogP contribution in [0.5, 0.6) is 0 Å². The number of nitrogens with zero attached hydrogens (tertiary/aromatic N) is 3. The number of hydrogen-bond acceptors (Lipinski definition) is 4. The summed E-state index contributed by atoms with van der Waals surface area (Å²) in [6, 6.07) is 2.85. The van der Waals surface area contributed by atoms with Crippen LogP contribution in [0, 0.1) is 0 Å². The van der Waals surface area contributed by atoms with Gasteiger partial charge in [0.1, 0.15) is 12.1 Å². The Morgan fingerprint density at radius 2 is 2.05 bits per heavy atom. The van der Waals surface area contributed by atoms with Crippen LogP contribution in [0.3, 0.4) is 0 Å². The molecule has 0 amide bonds. The van der Waals surface area contributed by atoms with Gasteiger partial charge >= 0.3 is 0 Å². The maximum atomic E-state index is 4.28. The summed E-state index contributed by atoms with van der Waals surface area (Å²) in [6.45, 7) is 6.33. The molecule has 4 nitrogen and oxygen atoms in total. The van der Waals surface area contributed by atoms with Crippen molar-refractivity contribution in [2.75, 3.05) is 25.5 Å². The Kier molecular flexibility index (Phi) is 5.14. The van der Waals surface area contributed by atoms with Crippen LogP contribution in [0.25, 0.3) is 0 Å². The smallest absolute Gasteiger partial charge is 0.129 e. The van der Waals surface area contributed by atoms with Gasteiger partial charge in [-0.25, -0.2) is 9.97 Å². The lowest BCUT2D eigenvalue weighted by atomic mass is 10.1. The van der Waals surface area contributed by atoms with Gasteiger partial charge in [-0.3, -0.25) is 0 Å². The third-order valence-corrected chi connectivity index (χ3v) is 4.00. The van der Waals surface area contributed by atoms with Crippen molar-refractivity contribution in [3.63, 3.8) is 0 Å². The Bertz CT molecular complexity index is 385. The first-order valence-corrected chi connectivity index (χ1v) is 7.43. The minimum Gasteiger partial charge on any atom is -0.369 e. The molecule has 0 spiro atoms. The molecule has 106 valence electrons. The van der Waals surface area contributed by atoms with E-state index in [2.05, 4.69) is 47.1 Å².